The fourth-order valence-corrected chi connectivity index (χ4v) is 2.60. The third-order valence-electron chi connectivity index (χ3n) is 3.17. The molecule has 2 aromatic carbocycles. The van der Waals surface area contributed by atoms with E-state index >= 15 is 0 Å². The molecule has 126 valence electrons. The fraction of sp³-hybridized carbons (Fsp3) is 0.176. The molecule has 24 heavy (non-hydrogen) atoms. The first-order valence-corrected chi connectivity index (χ1v) is 7.84. The van der Waals surface area contributed by atoms with E-state index in [1.807, 2.05) is 0 Å². The Bertz CT molecular complexity index is 735. The van der Waals surface area contributed by atoms with Crippen molar-refractivity contribution in [2.45, 2.75) is 6.92 Å². The van der Waals surface area contributed by atoms with E-state index in [1.165, 1.54) is 21.1 Å². The van der Waals surface area contributed by atoms with E-state index in [2.05, 4.69) is 26.6 Å². The van der Waals surface area contributed by atoms with Crippen molar-refractivity contribution in [3.63, 3.8) is 0 Å². The number of nitrogens with one attached hydrogen (secondary N) is 2. The first-order chi connectivity index (χ1) is 11.4. The monoisotopic (exact) mass is 392 g/mol. The topological polar surface area (TPSA) is 76.7 Å². The van der Waals surface area contributed by atoms with Crippen LogP contribution < -0.4 is 20.1 Å². The van der Waals surface area contributed by atoms with E-state index in [0.717, 1.165) is 0 Å². The lowest BCUT2D eigenvalue weighted by molar-refractivity contribution is -0.114. The van der Waals surface area contributed by atoms with Gasteiger partial charge in [0.15, 0.2) is 0 Å². The molecule has 0 aliphatic heterocycles. The van der Waals surface area contributed by atoms with Gasteiger partial charge in [0.1, 0.15) is 16.0 Å². The van der Waals surface area contributed by atoms with E-state index in [9.17, 15) is 9.59 Å². The van der Waals surface area contributed by atoms with Crippen LogP contribution >= 0.6 is 15.9 Å². The first kappa shape index (κ1) is 17.8. The van der Waals surface area contributed by atoms with E-state index in [1.54, 1.807) is 36.4 Å². The second kappa shape index (κ2) is 7.83. The number of rotatable bonds is 5. The van der Waals surface area contributed by atoms with Gasteiger partial charge in [-0.25, -0.2) is 0 Å². The Morgan fingerprint density at radius 3 is 1.79 bits per heavy atom. The lowest BCUT2D eigenvalue weighted by atomic mass is 10.1. The number of carbonyl (C=O) groups excluding carboxylic acids is 2. The highest BCUT2D eigenvalue weighted by atomic mass is 79.9. The Morgan fingerprint density at radius 1 is 0.917 bits per heavy atom. The van der Waals surface area contributed by atoms with Gasteiger partial charge in [0.2, 0.25) is 5.91 Å². The van der Waals surface area contributed by atoms with Crippen LogP contribution in [0.15, 0.2) is 40.9 Å². The van der Waals surface area contributed by atoms with Crippen LogP contribution in [0.3, 0.4) is 0 Å². The third kappa shape index (κ3) is 4.26. The van der Waals surface area contributed by atoms with Gasteiger partial charge >= 0.3 is 0 Å². The summed E-state index contributed by atoms with van der Waals surface area (Å²) >= 11 is 3.36. The van der Waals surface area contributed by atoms with Gasteiger partial charge in [-0.1, -0.05) is 0 Å². The number of amides is 2. The summed E-state index contributed by atoms with van der Waals surface area (Å²) in [5.41, 5.74) is 1.67. The molecular weight excluding hydrogens is 376 g/mol. The van der Waals surface area contributed by atoms with Crippen molar-refractivity contribution in [3.05, 3.63) is 46.4 Å². The number of methoxy groups -OCH3 is 2. The average molecular weight is 393 g/mol. The number of halogens is 1. The lowest BCUT2D eigenvalue weighted by Crippen LogP contribution is -2.12. The van der Waals surface area contributed by atoms with Crippen molar-refractivity contribution in [3.8, 4) is 11.5 Å². The Hall–Kier alpha value is -2.54. The normalized spacial score (nSPS) is 10.0. The molecule has 0 saturated carbocycles. The summed E-state index contributed by atoms with van der Waals surface area (Å²) in [4.78, 5) is 23.4. The number of ether oxygens (including phenoxy) is 2. The van der Waals surface area contributed by atoms with Gasteiger partial charge in [0.05, 0.1) is 14.2 Å². The minimum absolute atomic E-state index is 0.152. The summed E-state index contributed by atoms with van der Waals surface area (Å²) in [6.07, 6.45) is 0. The van der Waals surface area contributed by atoms with Gasteiger partial charge in [-0.2, -0.15) is 0 Å². The molecule has 2 rings (SSSR count). The standard InChI is InChI=1S/C17H17BrN2O4/c1-10(21)19-12-4-6-13(7-5-12)20-17(22)11-8-14(23-2)16(18)15(9-11)24-3/h4-9H,1-3H3,(H,19,21)(H,20,22). The maximum absolute atomic E-state index is 12.4. The molecule has 0 fully saturated rings. The summed E-state index contributed by atoms with van der Waals surface area (Å²) in [7, 11) is 3.03. The van der Waals surface area contributed by atoms with Crippen LogP contribution in [-0.4, -0.2) is 26.0 Å². The summed E-state index contributed by atoms with van der Waals surface area (Å²) in [5.74, 6) is 0.549. The molecule has 0 aliphatic rings. The van der Waals surface area contributed by atoms with Crippen molar-refractivity contribution in [2.24, 2.45) is 0 Å². The number of hydrogen-bond acceptors (Lipinski definition) is 4. The third-order valence-corrected chi connectivity index (χ3v) is 3.95. The molecule has 2 N–H and O–H groups in total. The molecular formula is C17H17BrN2O4. The minimum atomic E-state index is -0.300. The van der Waals surface area contributed by atoms with Gasteiger partial charge in [0, 0.05) is 23.9 Å². The predicted molar refractivity (Wildman–Crippen MR) is 95.9 cm³/mol. The summed E-state index contributed by atoms with van der Waals surface area (Å²) in [6, 6.07) is 10.1. The van der Waals surface area contributed by atoms with Crippen LogP contribution in [0.1, 0.15) is 17.3 Å². The van der Waals surface area contributed by atoms with E-state index in [-0.39, 0.29) is 11.8 Å². The quantitative estimate of drug-likeness (QED) is 0.813. The van der Waals surface area contributed by atoms with Crippen LogP contribution in [0.2, 0.25) is 0 Å². The highest BCUT2D eigenvalue weighted by molar-refractivity contribution is 9.10. The SMILES string of the molecule is COc1cc(C(=O)Nc2ccc(NC(C)=O)cc2)cc(OC)c1Br. The molecule has 0 aliphatic carbocycles. The molecule has 0 atom stereocenters. The zero-order valence-corrected chi connectivity index (χ0v) is 15.1. The number of carbonyl (C=O) groups is 2. The van der Waals surface area contributed by atoms with Crippen molar-refractivity contribution in [1.29, 1.82) is 0 Å². The van der Waals surface area contributed by atoms with Crippen molar-refractivity contribution >= 4 is 39.1 Å². The second-order valence-corrected chi connectivity index (χ2v) is 5.70. The molecule has 2 amide bonds. The molecule has 0 aromatic heterocycles. The largest absolute Gasteiger partial charge is 0.495 e. The first-order valence-electron chi connectivity index (χ1n) is 7.05. The smallest absolute Gasteiger partial charge is 0.255 e. The average Bonchev–Trinajstić information content (AvgIpc) is 2.56. The summed E-state index contributed by atoms with van der Waals surface area (Å²) < 4.78 is 11.1. The van der Waals surface area contributed by atoms with Gasteiger partial charge in [-0.3, -0.25) is 9.59 Å². The molecule has 6 nitrogen and oxygen atoms in total. The maximum Gasteiger partial charge on any atom is 0.255 e. The maximum atomic E-state index is 12.4. The highest BCUT2D eigenvalue weighted by Crippen LogP contribution is 2.35. The van der Waals surface area contributed by atoms with E-state index in [0.29, 0.717) is 32.9 Å². The van der Waals surface area contributed by atoms with Gasteiger partial charge in [-0.05, 0) is 52.3 Å². The fourth-order valence-electron chi connectivity index (χ4n) is 2.04. The molecule has 2 aromatic rings. The van der Waals surface area contributed by atoms with Crippen LogP contribution in [0.4, 0.5) is 11.4 Å². The zero-order valence-electron chi connectivity index (χ0n) is 13.5. The predicted octanol–water partition coefficient (Wildman–Crippen LogP) is 3.68. The van der Waals surface area contributed by atoms with Crippen LogP contribution in [0.25, 0.3) is 0 Å². The van der Waals surface area contributed by atoms with Crippen LogP contribution in [0.5, 0.6) is 11.5 Å². The minimum Gasteiger partial charge on any atom is -0.495 e. The Balaban J connectivity index is 2.19. The number of hydrogen-bond donors (Lipinski definition) is 2. The lowest BCUT2D eigenvalue weighted by Gasteiger charge is -2.12. The molecule has 7 heteroatoms. The van der Waals surface area contributed by atoms with Crippen LogP contribution in [-0.2, 0) is 4.79 Å². The van der Waals surface area contributed by atoms with Gasteiger partial charge in [-0.15, -0.1) is 0 Å². The Morgan fingerprint density at radius 2 is 1.38 bits per heavy atom. The van der Waals surface area contributed by atoms with Crippen molar-refractivity contribution in [1.82, 2.24) is 0 Å². The summed E-state index contributed by atoms with van der Waals surface area (Å²) in [5, 5.41) is 5.45. The summed E-state index contributed by atoms with van der Waals surface area (Å²) in [6.45, 7) is 1.43. The van der Waals surface area contributed by atoms with Crippen molar-refractivity contribution in [2.75, 3.05) is 24.9 Å². The Labute approximate surface area is 148 Å². The Kier molecular flexibility index (Phi) is 5.81. The number of anilines is 2. The number of benzene rings is 2. The highest BCUT2D eigenvalue weighted by Gasteiger charge is 2.14. The molecule has 0 saturated heterocycles. The van der Waals surface area contributed by atoms with Gasteiger partial charge < -0.3 is 20.1 Å². The van der Waals surface area contributed by atoms with Crippen LogP contribution in [0, 0.1) is 0 Å². The van der Waals surface area contributed by atoms with Crippen molar-refractivity contribution < 1.29 is 19.1 Å². The van der Waals surface area contributed by atoms with Gasteiger partial charge in [0.25, 0.3) is 5.91 Å². The molecule has 0 radical (unpaired) electrons. The molecule has 0 heterocycles. The zero-order chi connectivity index (χ0) is 17.7. The molecule has 0 bridgehead atoms. The molecule has 0 unspecified atom stereocenters. The second-order valence-electron chi connectivity index (χ2n) is 4.91. The molecule has 0 spiro atoms. The van der Waals surface area contributed by atoms with E-state index in [4.69, 9.17) is 9.47 Å². The van der Waals surface area contributed by atoms with E-state index < -0.39 is 0 Å².